The van der Waals surface area contributed by atoms with Crippen LogP contribution in [0.15, 0.2) is 4.99 Å². The number of nitrogens with zero attached hydrogens (tertiary/aromatic N) is 2. The Hall–Kier alpha value is -0.810. The second-order valence-electron chi connectivity index (χ2n) is 6.08. The fourth-order valence-corrected chi connectivity index (χ4v) is 2.66. The van der Waals surface area contributed by atoms with Crippen LogP contribution in [0, 0.1) is 5.92 Å². The third kappa shape index (κ3) is 7.67. The maximum Gasteiger partial charge on any atom is 0.191 e. The monoisotopic (exact) mass is 296 g/mol. The van der Waals surface area contributed by atoms with Crippen molar-refractivity contribution >= 4 is 5.96 Å². The number of ether oxygens (including phenoxy) is 1. The second-order valence-corrected chi connectivity index (χ2v) is 6.08. The van der Waals surface area contributed by atoms with Crippen LogP contribution in [0.3, 0.4) is 0 Å². The molecule has 1 aliphatic heterocycles. The quantitative estimate of drug-likeness (QED) is 0.384. The standard InChI is InChI=1S/C16H32N4O/c1-2-17-16(18-8-3-5-15-6-7-15)19-9-4-10-20-11-13-21-14-12-20/h15H,2-14H2,1H3,(H2,17,18,19). The van der Waals surface area contributed by atoms with E-state index in [0.29, 0.717) is 0 Å². The topological polar surface area (TPSA) is 48.9 Å². The molecule has 2 rings (SSSR count). The van der Waals surface area contributed by atoms with Gasteiger partial charge < -0.3 is 15.4 Å². The number of hydrogen-bond donors (Lipinski definition) is 2. The van der Waals surface area contributed by atoms with Gasteiger partial charge in [-0.25, -0.2) is 0 Å². The minimum absolute atomic E-state index is 0.883. The molecule has 1 saturated carbocycles. The molecule has 2 N–H and O–H groups in total. The maximum absolute atomic E-state index is 5.36. The average molecular weight is 296 g/mol. The van der Waals surface area contributed by atoms with Gasteiger partial charge in [0.1, 0.15) is 0 Å². The summed E-state index contributed by atoms with van der Waals surface area (Å²) in [6.07, 6.45) is 6.68. The molecule has 0 amide bonds. The Morgan fingerprint density at radius 3 is 2.71 bits per heavy atom. The average Bonchev–Trinajstić information content (AvgIpc) is 3.33. The third-order valence-electron chi connectivity index (χ3n) is 4.13. The van der Waals surface area contributed by atoms with Crippen molar-refractivity contribution in [2.45, 2.75) is 39.0 Å². The molecule has 1 aliphatic carbocycles. The summed E-state index contributed by atoms with van der Waals surface area (Å²) < 4.78 is 5.36. The molecule has 122 valence electrons. The summed E-state index contributed by atoms with van der Waals surface area (Å²) in [5.74, 6) is 2.01. The summed E-state index contributed by atoms with van der Waals surface area (Å²) in [6, 6.07) is 0. The summed E-state index contributed by atoms with van der Waals surface area (Å²) in [5, 5.41) is 6.78. The van der Waals surface area contributed by atoms with Crippen molar-refractivity contribution in [1.82, 2.24) is 15.5 Å². The Bertz CT molecular complexity index is 299. The first-order chi connectivity index (χ1) is 10.4. The Balaban J connectivity index is 1.54. The number of guanidine groups is 1. The van der Waals surface area contributed by atoms with Crippen LogP contribution < -0.4 is 10.6 Å². The number of aliphatic imine (C=N–C) groups is 1. The van der Waals surface area contributed by atoms with Gasteiger partial charge in [0, 0.05) is 39.3 Å². The van der Waals surface area contributed by atoms with E-state index < -0.39 is 0 Å². The van der Waals surface area contributed by atoms with Gasteiger partial charge in [-0.1, -0.05) is 12.8 Å². The largest absolute Gasteiger partial charge is 0.379 e. The second kappa shape index (κ2) is 10.0. The predicted molar refractivity (Wildman–Crippen MR) is 87.8 cm³/mol. The van der Waals surface area contributed by atoms with Crippen molar-refractivity contribution in [1.29, 1.82) is 0 Å². The van der Waals surface area contributed by atoms with Crippen molar-refractivity contribution < 1.29 is 4.74 Å². The zero-order valence-corrected chi connectivity index (χ0v) is 13.6. The lowest BCUT2D eigenvalue weighted by atomic mass is 10.2. The Kier molecular flexibility index (Phi) is 7.89. The van der Waals surface area contributed by atoms with Crippen LogP contribution in [-0.2, 0) is 4.74 Å². The van der Waals surface area contributed by atoms with Crippen LogP contribution in [0.2, 0.25) is 0 Å². The molecule has 2 aliphatic rings. The number of hydrogen-bond acceptors (Lipinski definition) is 3. The minimum Gasteiger partial charge on any atom is -0.379 e. The lowest BCUT2D eigenvalue weighted by molar-refractivity contribution is 0.0377. The normalized spacial score (nSPS) is 20.5. The first-order valence-electron chi connectivity index (χ1n) is 8.70. The molecule has 0 aromatic heterocycles. The summed E-state index contributed by atoms with van der Waals surface area (Å²) in [5.41, 5.74) is 0. The number of nitrogens with one attached hydrogen (secondary N) is 2. The highest BCUT2D eigenvalue weighted by Gasteiger charge is 2.19. The third-order valence-corrected chi connectivity index (χ3v) is 4.13. The van der Waals surface area contributed by atoms with Gasteiger partial charge in [-0.2, -0.15) is 0 Å². The zero-order valence-electron chi connectivity index (χ0n) is 13.6. The molecule has 0 atom stereocenters. The van der Waals surface area contributed by atoms with Crippen LogP contribution in [0.1, 0.15) is 39.0 Å². The predicted octanol–water partition coefficient (Wildman–Crippen LogP) is 1.45. The molecule has 1 heterocycles. The molecule has 21 heavy (non-hydrogen) atoms. The van der Waals surface area contributed by atoms with Crippen molar-refractivity contribution in [2.75, 3.05) is 52.5 Å². The SMILES string of the molecule is CCNC(=NCCCN1CCOCC1)NCCCC1CC1. The van der Waals surface area contributed by atoms with Gasteiger partial charge in [0.25, 0.3) is 0 Å². The summed E-state index contributed by atoms with van der Waals surface area (Å²) in [4.78, 5) is 7.13. The van der Waals surface area contributed by atoms with Crippen LogP contribution in [-0.4, -0.2) is 63.3 Å². The molecule has 0 aromatic carbocycles. The summed E-state index contributed by atoms with van der Waals surface area (Å²) >= 11 is 0. The minimum atomic E-state index is 0.883. The van der Waals surface area contributed by atoms with E-state index in [9.17, 15) is 0 Å². The lowest BCUT2D eigenvalue weighted by Crippen LogP contribution is -2.38. The molecule has 1 saturated heterocycles. The molecule has 0 spiro atoms. The smallest absolute Gasteiger partial charge is 0.191 e. The lowest BCUT2D eigenvalue weighted by Gasteiger charge is -2.26. The van der Waals surface area contributed by atoms with Crippen LogP contribution in [0.5, 0.6) is 0 Å². The fourth-order valence-electron chi connectivity index (χ4n) is 2.66. The Morgan fingerprint density at radius 1 is 1.19 bits per heavy atom. The van der Waals surface area contributed by atoms with E-state index in [1.165, 1.54) is 25.7 Å². The highest BCUT2D eigenvalue weighted by atomic mass is 16.5. The molecule has 0 radical (unpaired) electrons. The van der Waals surface area contributed by atoms with Crippen molar-refractivity contribution in [3.63, 3.8) is 0 Å². The molecular weight excluding hydrogens is 264 g/mol. The van der Waals surface area contributed by atoms with Crippen molar-refractivity contribution in [2.24, 2.45) is 10.9 Å². The molecule has 5 nitrogen and oxygen atoms in total. The Morgan fingerprint density at radius 2 is 2.00 bits per heavy atom. The number of rotatable bonds is 9. The first-order valence-corrected chi connectivity index (χ1v) is 8.70. The first kappa shape index (κ1) is 16.6. The van der Waals surface area contributed by atoms with Gasteiger partial charge in [-0.05, 0) is 32.1 Å². The fraction of sp³-hybridized carbons (Fsp3) is 0.938. The van der Waals surface area contributed by atoms with Crippen LogP contribution >= 0.6 is 0 Å². The van der Waals surface area contributed by atoms with Gasteiger partial charge >= 0.3 is 0 Å². The van der Waals surface area contributed by atoms with E-state index in [1.807, 2.05) is 0 Å². The molecule has 5 heteroatoms. The van der Waals surface area contributed by atoms with E-state index in [-0.39, 0.29) is 0 Å². The summed E-state index contributed by atoms with van der Waals surface area (Å²) in [6.45, 7) is 10.0. The van der Waals surface area contributed by atoms with Crippen molar-refractivity contribution in [3.05, 3.63) is 0 Å². The van der Waals surface area contributed by atoms with Gasteiger partial charge in [-0.3, -0.25) is 9.89 Å². The van der Waals surface area contributed by atoms with E-state index in [0.717, 1.165) is 70.8 Å². The zero-order chi connectivity index (χ0) is 14.8. The molecule has 0 unspecified atom stereocenters. The van der Waals surface area contributed by atoms with Gasteiger partial charge in [0.15, 0.2) is 5.96 Å². The van der Waals surface area contributed by atoms with Gasteiger partial charge in [0.05, 0.1) is 13.2 Å². The van der Waals surface area contributed by atoms with Gasteiger partial charge in [0.2, 0.25) is 0 Å². The van der Waals surface area contributed by atoms with E-state index in [4.69, 9.17) is 4.74 Å². The van der Waals surface area contributed by atoms with E-state index >= 15 is 0 Å². The van der Waals surface area contributed by atoms with Gasteiger partial charge in [-0.15, -0.1) is 0 Å². The molecule has 0 bridgehead atoms. The van der Waals surface area contributed by atoms with Crippen LogP contribution in [0.25, 0.3) is 0 Å². The summed E-state index contributed by atoms with van der Waals surface area (Å²) in [7, 11) is 0. The van der Waals surface area contributed by atoms with Crippen molar-refractivity contribution in [3.8, 4) is 0 Å². The molecule has 2 fully saturated rings. The highest BCUT2D eigenvalue weighted by Crippen LogP contribution is 2.33. The maximum atomic E-state index is 5.36. The van der Waals surface area contributed by atoms with E-state index in [2.05, 4.69) is 27.4 Å². The van der Waals surface area contributed by atoms with E-state index in [1.54, 1.807) is 0 Å². The number of morpholine rings is 1. The highest BCUT2D eigenvalue weighted by molar-refractivity contribution is 5.79. The van der Waals surface area contributed by atoms with Crippen LogP contribution in [0.4, 0.5) is 0 Å². The molecular formula is C16H32N4O. The Labute approximate surface area is 129 Å². The molecule has 0 aromatic rings.